The monoisotopic (exact) mass is 282 g/mol. The van der Waals surface area contributed by atoms with E-state index in [2.05, 4.69) is 10.4 Å². The lowest BCUT2D eigenvalue weighted by molar-refractivity contribution is -0.139. The second kappa shape index (κ2) is 6.69. The molecule has 8 nitrogen and oxygen atoms in total. The van der Waals surface area contributed by atoms with E-state index in [-0.39, 0.29) is 18.5 Å². The topological polar surface area (TPSA) is 127 Å². The van der Waals surface area contributed by atoms with Gasteiger partial charge in [0, 0.05) is 13.0 Å². The van der Waals surface area contributed by atoms with Gasteiger partial charge in [0.15, 0.2) is 0 Å². The first-order chi connectivity index (χ1) is 9.35. The molecule has 0 spiro atoms. The molecule has 1 rings (SSSR count). The van der Waals surface area contributed by atoms with E-state index in [9.17, 15) is 14.4 Å². The molecule has 2 amide bonds. The minimum atomic E-state index is -1.21. The normalized spacial score (nSPS) is 11.9. The largest absolute Gasteiger partial charge is 0.480 e. The molecular formula is C12H18N4O4. The van der Waals surface area contributed by atoms with E-state index >= 15 is 0 Å². The molecular weight excluding hydrogens is 264 g/mol. The number of hydrogen-bond donors (Lipinski definition) is 3. The van der Waals surface area contributed by atoms with Gasteiger partial charge >= 0.3 is 5.97 Å². The lowest BCUT2D eigenvalue weighted by Crippen LogP contribution is -2.42. The maximum atomic E-state index is 12.0. The number of nitrogens with one attached hydrogen (secondary N) is 1. The van der Waals surface area contributed by atoms with E-state index in [4.69, 9.17) is 10.8 Å². The van der Waals surface area contributed by atoms with Crippen molar-refractivity contribution in [3.63, 3.8) is 0 Å². The molecule has 0 saturated heterocycles. The molecule has 0 saturated carbocycles. The molecule has 1 aromatic rings. The molecule has 110 valence electrons. The first-order valence-electron chi connectivity index (χ1n) is 6.21. The van der Waals surface area contributed by atoms with Crippen molar-refractivity contribution in [2.24, 2.45) is 5.73 Å². The fourth-order valence-corrected chi connectivity index (χ4v) is 1.75. The smallest absolute Gasteiger partial charge is 0.326 e. The number of primary amides is 1. The highest BCUT2D eigenvalue weighted by molar-refractivity contribution is 5.95. The van der Waals surface area contributed by atoms with Crippen molar-refractivity contribution in [3.8, 4) is 0 Å². The highest BCUT2D eigenvalue weighted by Crippen LogP contribution is 2.06. The third-order valence-electron chi connectivity index (χ3n) is 2.72. The summed E-state index contributed by atoms with van der Waals surface area (Å²) in [5, 5.41) is 15.5. The van der Waals surface area contributed by atoms with Crippen LogP contribution in [0.5, 0.6) is 0 Å². The average molecular weight is 282 g/mol. The molecule has 0 aliphatic heterocycles. The number of aliphatic carboxylic acids is 1. The number of carbonyl (C=O) groups excluding carboxylic acids is 2. The van der Waals surface area contributed by atoms with Crippen LogP contribution in [0.15, 0.2) is 6.07 Å². The Hall–Kier alpha value is -2.38. The summed E-state index contributed by atoms with van der Waals surface area (Å²) >= 11 is 0. The lowest BCUT2D eigenvalue weighted by atomic mass is 10.1. The van der Waals surface area contributed by atoms with E-state index in [1.807, 2.05) is 6.92 Å². The van der Waals surface area contributed by atoms with E-state index in [0.29, 0.717) is 12.2 Å². The van der Waals surface area contributed by atoms with Crippen LogP contribution in [-0.4, -0.2) is 38.7 Å². The Kier molecular flexibility index (Phi) is 5.24. The van der Waals surface area contributed by atoms with Crippen LogP contribution >= 0.6 is 0 Å². The summed E-state index contributed by atoms with van der Waals surface area (Å²) in [5.74, 6) is -2.36. The first-order valence-corrected chi connectivity index (χ1v) is 6.21. The van der Waals surface area contributed by atoms with Crippen molar-refractivity contribution in [3.05, 3.63) is 17.5 Å². The van der Waals surface area contributed by atoms with E-state index in [0.717, 1.165) is 0 Å². The van der Waals surface area contributed by atoms with Crippen molar-refractivity contribution in [2.45, 2.75) is 39.3 Å². The van der Waals surface area contributed by atoms with Crippen LogP contribution in [0.3, 0.4) is 0 Å². The number of amides is 2. The molecule has 0 bridgehead atoms. The van der Waals surface area contributed by atoms with Gasteiger partial charge < -0.3 is 16.2 Å². The van der Waals surface area contributed by atoms with Gasteiger partial charge in [-0.15, -0.1) is 0 Å². The van der Waals surface area contributed by atoms with Crippen molar-refractivity contribution in [1.29, 1.82) is 0 Å². The number of hydrogen-bond acceptors (Lipinski definition) is 4. The van der Waals surface area contributed by atoms with Crippen LogP contribution in [-0.2, 0) is 16.1 Å². The number of carbonyl (C=O) groups is 3. The second-order valence-corrected chi connectivity index (χ2v) is 4.36. The molecule has 8 heteroatoms. The Morgan fingerprint density at radius 2 is 2.15 bits per heavy atom. The zero-order valence-electron chi connectivity index (χ0n) is 11.4. The van der Waals surface area contributed by atoms with Gasteiger partial charge in [-0.25, -0.2) is 4.79 Å². The van der Waals surface area contributed by atoms with Gasteiger partial charge in [0.25, 0.3) is 5.91 Å². The maximum absolute atomic E-state index is 12.0. The summed E-state index contributed by atoms with van der Waals surface area (Å²) in [5.41, 5.74) is 5.93. The van der Waals surface area contributed by atoms with Gasteiger partial charge in [0.1, 0.15) is 11.7 Å². The summed E-state index contributed by atoms with van der Waals surface area (Å²) in [7, 11) is 0. The standard InChI is InChI=1S/C12H18N4O4/c1-3-16-9(6-7(2)15-16)11(18)14-8(12(19)20)4-5-10(13)17/h6,8H,3-5H2,1-2H3,(H2,13,17)(H,14,18)(H,19,20)/t8-/m1/s1. The van der Waals surface area contributed by atoms with E-state index < -0.39 is 23.8 Å². The van der Waals surface area contributed by atoms with Gasteiger partial charge in [-0.2, -0.15) is 5.10 Å². The van der Waals surface area contributed by atoms with Crippen molar-refractivity contribution < 1.29 is 19.5 Å². The van der Waals surface area contributed by atoms with Crippen LogP contribution in [0, 0.1) is 6.92 Å². The second-order valence-electron chi connectivity index (χ2n) is 4.36. The van der Waals surface area contributed by atoms with Crippen molar-refractivity contribution in [1.82, 2.24) is 15.1 Å². The predicted molar refractivity (Wildman–Crippen MR) is 70.0 cm³/mol. The molecule has 1 heterocycles. The third kappa shape index (κ3) is 4.08. The summed E-state index contributed by atoms with van der Waals surface area (Å²) in [6.45, 7) is 4.06. The minimum absolute atomic E-state index is 0.0460. The van der Waals surface area contributed by atoms with Gasteiger partial charge in [-0.1, -0.05) is 0 Å². The van der Waals surface area contributed by atoms with Crippen LogP contribution < -0.4 is 11.1 Å². The Bertz CT molecular complexity index is 524. The summed E-state index contributed by atoms with van der Waals surface area (Å²) < 4.78 is 1.48. The lowest BCUT2D eigenvalue weighted by Gasteiger charge is -2.14. The summed E-state index contributed by atoms with van der Waals surface area (Å²) in [4.78, 5) is 33.8. The minimum Gasteiger partial charge on any atom is -0.480 e. The van der Waals surface area contributed by atoms with Crippen LogP contribution in [0.2, 0.25) is 0 Å². The van der Waals surface area contributed by atoms with E-state index in [1.165, 1.54) is 4.68 Å². The van der Waals surface area contributed by atoms with Crippen molar-refractivity contribution in [2.75, 3.05) is 0 Å². The zero-order valence-corrected chi connectivity index (χ0v) is 11.4. The predicted octanol–water partition coefficient (Wildman–Crippen LogP) is -0.340. The van der Waals surface area contributed by atoms with Gasteiger partial charge in [0.2, 0.25) is 5.91 Å². The number of carboxylic acids is 1. The molecule has 0 radical (unpaired) electrons. The number of rotatable bonds is 7. The molecule has 4 N–H and O–H groups in total. The number of aromatic nitrogens is 2. The average Bonchev–Trinajstić information content (AvgIpc) is 2.74. The Balaban J connectivity index is 2.79. The number of nitrogens with zero attached hydrogens (tertiary/aromatic N) is 2. The quantitative estimate of drug-likeness (QED) is 0.630. The Morgan fingerprint density at radius 3 is 2.65 bits per heavy atom. The van der Waals surface area contributed by atoms with Gasteiger partial charge in [0.05, 0.1) is 5.69 Å². The van der Waals surface area contributed by atoms with E-state index in [1.54, 1.807) is 13.0 Å². The van der Waals surface area contributed by atoms with Crippen LogP contribution in [0.1, 0.15) is 35.9 Å². The fraction of sp³-hybridized carbons (Fsp3) is 0.500. The van der Waals surface area contributed by atoms with Crippen LogP contribution in [0.25, 0.3) is 0 Å². The SMILES string of the molecule is CCn1nc(C)cc1C(=O)N[C@H](CCC(N)=O)C(=O)O. The summed E-state index contributed by atoms with van der Waals surface area (Å²) in [6.07, 6.45) is -0.154. The Labute approximate surface area is 115 Å². The molecule has 1 aromatic heterocycles. The maximum Gasteiger partial charge on any atom is 0.326 e. The highest BCUT2D eigenvalue weighted by atomic mass is 16.4. The molecule has 0 unspecified atom stereocenters. The Morgan fingerprint density at radius 1 is 1.50 bits per heavy atom. The van der Waals surface area contributed by atoms with Crippen molar-refractivity contribution >= 4 is 17.8 Å². The molecule has 0 aliphatic carbocycles. The molecule has 1 atom stereocenters. The van der Waals surface area contributed by atoms with Crippen LogP contribution in [0.4, 0.5) is 0 Å². The molecule has 0 aromatic carbocycles. The van der Waals surface area contributed by atoms with Gasteiger partial charge in [-0.3, -0.25) is 14.3 Å². The molecule has 20 heavy (non-hydrogen) atoms. The number of aryl methyl sites for hydroxylation is 2. The third-order valence-corrected chi connectivity index (χ3v) is 2.72. The molecule has 0 fully saturated rings. The number of nitrogens with two attached hydrogens (primary N) is 1. The zero-order chi connectivity index (χ0) is 15.3. The highest BCUT2D eigenvalue weighted by Gasteiger charge is 2.23. The fourth-order valence-electron chi connectivity index (χ4n) is 1.75. The molecule has 0 aliphatic rings. The summed E-state index contributed by atoms with van der Waals surface area (Å²) in [6, 6.07) is 0.418. The number of carboxylic acid groups (broad SMARTS) is 1. The first kappa shape index (κ1) is 15.7. The van der Waals surface area contributed by atoms with Gasteiger partial charge in [-0.05, 0) is 26.3 Å².